The molecule has 0 bridgehead atoms. The SMILES string of the molecule is CC1(C)COCCC1NC(=O)c1cc(Cc2ccc(-n3cccn3)cc2)cc2c1OCO2. The number of amides is 1. The lowest BCUT2D eigenvalue weighted by Crippen LogP contribution is -2.50. The number of carbonyl (C=O) groups is 1. The van der Waals surface area contributed by atoms with Gasteiger partial charge in [-0.05, 0) is 54.3 Å². The monoisotopic (exact) mass is 433 g/mol. The highest BCUT2D eigenvalue weighted by atomic mass is 16.7. The maximum atomic E-state index is 13.2. The van der Waals surface area contributed by atoms with E-state index in [1.54, 1.807) is 6.20 Å². The Morgan fingerprint density at radius 1 is 1.19 bits per heavy atom. The van der Waals surface area contributed by atoms with Crippen molar-refractivity contribution in [2.75, 3.05) is 20.0 Å². The van der Waals surface area contributed by atoms with Gasteiger partial charge in [0.25, 0.3) is 5.91 Å². The van der Waals surface area contributed by atoms with Gasteiger partial charge in [-0.3, -0.25) is 4.79 Å². The first-order chi connectivity index (χ1) is 15.5. The Bertz CT molecular complexity index is 1110. The molecule has 0 aliphatic carbocycles. The van der Waals surface area contributed by atoms with E-state index in [1.807, 2.05) is 41.2 Å². The Morgan fingerprint density at radius 2 is 2.03 bits per heavy atom. The summed E-state index contributed by atoms with van der Waals surface area (Å²) in [5.41, 5.74) is 3.53. The highest BCUT2D eigenvalue weighted by Crippen LogP contribution is 2.38. The molecule has 2 aliphatic rings. The third kappa shape index (κ3) is 4.08. The molecular formula is C25H27N3O4. The second kappa shape index (κ2) is 8.31. The van der Waals surface area contributed by atoms with Gasteiger partial charge in [-0.25, -0.2) is 4.68 Å². The van der Waals surface area contributed by atoms with Crippen LogP contribution in [-0.2, 0) is 11.2 Å². The molecule has 1 saturated heterocycles. The molecule has 3 aromatic rings. The first-order valence-electron chi connectivity index (χ1n) is 10.9. The first-order valence-corrected chi connectivity index (χ1v) is 10.9. The summed E-state index contributed by atoms with van der Waals surface area (Å²) in [6.07, 6.45) is 5.14. The molecule has 2 aliphatic heterocycles. The Morgan fingerprint density at radius 3 is 2.78 bits per heavy atom. The normalized spacial score (nSPS) is 19.0. The van der Waals surface area contributed by atoms with Crippen molar-refractivity contribution in [3.63, 3.8) is 0 Å². The maximum Gasteiger partial charge on any atom is 0.255 e. The van der Waals surface area contributed by atoms with Crippen molar-refractivity contribution in [2.24, 2.45) is 5.41 Å². The molecule has 166 valence electrons. The van der Waals surface area contributed by atoms with Crippen LogP contribution in [-0.4, -0.2) is 41.7 Å². The smallest absolute Gasteiger partial charge is 0.255 e. The Balaban J connectivity index is 1.38. The highest BCUT2D eigenvalue weighted by Gasteiger charge is 2.35. The van der Waals surface area contributed by atoms with Crippen LogP contribution in [0, 0.1) is 5.41 Å². The standard InChI is InChI=1S/C25H27N3O4/c1-25(2)15-30-11-8-22(25)27-24(29)20-13-18(14-21-23(20)32-16-31-21)12-17-4-6-19(7-5-17)28-10-3-9-26-28/h3-7,9-10,13-14,22H,8,11-12,15-16H2,1-2H3,(H,27,29). The van der Waals surface area contributed by atoms with Crippen LogP contribution in [0.15, 0.2) is 54.9 Å². The summed E-state index contributed by atoms with van der Waals surface area (Å²) in [6, 6.07) is 14.0. The Kier molecular flexibility index (Phi) is 5.35. The largest absolute Gasteiger partial charge is 0.454 e. The van der Waals surface area contributed by atoms with Gasteiger partial charge in [0.2, 0.25) is 6.79 Å². The zero-order chi connectivity index (χ0) is 22.1. The summed E-state index contributed by atoms with van der Waals surface area (Å²) in [6.45, 7) is 5.64. The van der Waals surface area contributed by atoms with Crippen molar-refractivity contribution >= 4 is 5.91 Å². The van der Waals surface area contributed by atoms with Gasteiger partial charge in [0, 0.05) is 30.5 Å². The minimum Gasteiger partial charge on any atom is -0.454 e. The first kappa shape index (κ1) is 20.6. The molecule has 0 saturated carbocycles. The molecule has 2 aromatic carbocycles. The third-order valence-corrected chi connectivity index (χ3v) is 6.16. The summed E-state index contributed by atoms with van der Waals surface area (Å²) in [5.74, 6) is 1.000. The average Bonchev–Trinajstić information content (AvgIpc) is 3.47. The van der Waals surface area contributed by atoms with Crippen LogP contribution in [0.25, 0.3) is 5.69 Å². The summed E-state index contributed by atoms with van der Waals surface area (Å²) in [7, 11) is 0. The van der Waals surface area contributed by atoms with Crippen molar-refractivity contribution in [1.29, 1.82) is 0 Å². The van der Waals surface area contributed by atoms with Gasteiger partial charge in [0.15, 0.2) is 11.5 Å². The number of nitrogens with one attached hydrogen (secondary N) is 1. The quantitative estimate of drug-likeness (QED) is 0.664. The van der Waals surface area contributed by atoms with Crippen LogP contribution in [0.5, 0.6) is 11.5 Å². The highest BCUT2D eigenvalue weighted by molar-refractivity contribution is 5.98. The van der Waals surface area contributed by atoms with Crippen LogP contribution >= 0.6 is 0 Å². The van der Waals surface area contributed by atoms with E-state index < -0.39 is 0 Å². The second-order valence-electron chi connectivity index (χ2n) is 9.03. The lowest BCUT2D eigenvalue weighted by molar-refractivity contribution is -0.0116. The Labute approximate surface area is 187 Å². The van der Waals surface area contributed by atoms with Gasteiger partial charge in [0.1, 0.15) is 0 Å². The zero-order valence-corrected chi connectivity index (χ0v) is 18.3. The van der Waals surface area contributed by atoms with Crippen molar-refractivity contribution in [3.05, 3.63) is 71.5 Å². The van der Waals surface area contributed by atoms with E-state index in [0.717, 1.165) is 23.2 Å². The molecule has 0 spiro atoms. The molecule has 5 rings (SSSR count). The van der Waals surface area contributed by atoms with Crippen molar-refractivity contribution in [2.45, 2.75) is 32.7 Å². The lowest BCUT2D eigenvalue weighted by atomic mass is 9.81. The van der Waals surface area contributed by atoms with Gasteiger partial charge >= 0.3 is 0 Å². The zero-order valence-electron chi connectivity index (χ0n) is 18.3. The number of ether oxygens (including phenoxy) is 3. The van der Waals surface area contributed by atoms with Crippen molar-refractivity contribution < 1.29 is 19.0 Å². The lowest BCUT2D eigenvalue weighted by Gasteiger charge is -2.38. The number of carbonyl (C=O) groups excluding carboxylic acids is 1. The number of rotatable bonds is 5. The molecule has 1 fully saturated rings. The molecule has 1 atom stereocenters. The molecule has 0 radical (unpaired) electrons. The number of benzene rings is 2. The van der Waals surface area contributed by atoms with Gasteiger partial charge < -0.3 is 19.5 Å². The van der Waals surface area contributed by atoms with Crippen LogP contribution in [0.4, 0.5) is 0 Å². The average molecular weight is 434 g/mol. The van der Waals surface area contributed by atoms with Crippen LogP contribution in [0.1, 0.15) is 41.8 Å². The fourth-order valence-electron chi connectivity index (χ4n) is 4.29. The van der Waals surface area contributed by atoms with Crippen molar-refractivity contribution in [1.82, 2.24) is 15.1 Å². The van der Waals surface area contributed by atoms with Crippen LogP contribution < -0.4 is 14.8 Å². The molecule has 1 unspecified atom stereocenters. The fourth-order valence-corrected chi connectivity index (χ4v) is 4.29. The third-order valence-electron chi connectivity index (χ3n) is 6.16. The second-order valence-corrected chi connectivity index (χ2v) is 9.03. The number of aromatic nitrogens is 2. The van der Waals surface area contributed by atoms with E-state index in [1.165, 1.54) is 0 Å². The molecule has 7 heteroatoms. The predicted molar refractivity (Wildman–Crippen MR) is 119 cm³/mol. The summed E-state index contributed by atoms with van der Waals surface area (Å²) < 4.78 is 18.7. The Hall–Kier alpha value is -3.32. The number of fused-ring (bicyclic) bond motifs is 1. The number of hydrogen-bond donors (Lipinski definition) is 1. The van der Waals surface area contributed by atoms with Gasteiger partial charge in [-0.2, -0.15) is 5.10 Å². The number of nitrogens with zero attached hydrogens (tertiary/aromatic N) is 2. The van der Waals surface area contributed by atoms with Crippen LogP contribution in [0.3, 0.4) is 0 Å². The summed E-state index contributed by atoms with van der Waals surface area (Å²) in [5, 5.41) is 7.47. The minimum atomic E-state index is -0.136. The summed E-state index contributed by atoms with van der Waals surface area (Å²) in [4.78, 5) is 13.2. The molecule has 3 heterocycles. The van der Waals surface area contributed by atoms with E-state index in [4.69, 9.17) is 14.2 Å². The van der Waals surface area contributed by atoms with E-state index in [-0.39, 0.29) is 24.2 Å². The van der Waals surface area contributed by atoms with E-state index >= 15 is 0 Å². The summed E-state index contributed by atoms with van der Waals surface area (Å²) >= 11 is 0. The molecule has 1 N–H and O–H groups in total. The molecular weight excluding hydrogens is 406 g/mol. The molecule has 32 heavy (non-hydrogen) atoms. The molecule has 1 amide bonds. The number of hydrogen-bond acceptors (Lipinski definition) is 5. The topological polar surface area (TPSA) is 74.6 Å². The predicted octanol–water partition coefficient (Wildman–Crippen LogP) is 3.74. The van der Waals surface area contributed by atoms with E-state index in [9.17, 15) is 4.79 Å². The van der Waals surface area contributed by atoms with Gasteiger partial charge in [-0.1, -0.05) is 26.0 Å². The van der Waals surface area contributed by atoms with Crippen molar-refractivity contribution in [3.8, 4) is 17.2 Å². The minimum absolute atomic E-state index is 0.0419. The van der Waals surface area contributed by atoms with Gasteiger partial charge in [-0.15, -0.1) is 0 Å². The fraction of sp³-hybridized carbons (Fsp3) is 0.360. The molecule has 7 nitrogen and oxygen atoms in total. The maximum absolute atomic E-state index is 13.2. The van der Waals surface area contributed by atoms with E-state index in [2.05, 4.69) is 36.4 Å². The van der Waals surface area contributed by atoms with Gasteiger partial charge in [0.05, 0.1) is 17.9 Å². The van der Waals surface area contributed by atoms with Crippen LogP contribution in [0.2, 0.25) is 0 Å². The van der Waals surface area contributed by atoms with E-state index in [0.29, 0.717) is 36.7 Å². The molecule has 1 aromatic heterocycles.